The van der Waals surface area contributed by atoms with Gasteiger partial charge >= 0.3 is 0 Å². The van der Waals surface area contributed by atoms with Crippen LogP contribution in [-0.4, -0.2) is 25.8 Å². The molecule has 94 valence electrons. The van der Waals surface area contributed by atoms with Gasteiger partial charge in [-0.25, -0.2) is 4.39 Å². The molecule has 0 radical (unpaired) electrons. The minimum atomic E-state index is -0.282. The summed E-state index contributed by atoms with van der Waals surface area (Å²) in [5.74, 6) is -0.282. The Morgan fingerprint density at radius 2 is 2.12 bits per heavy atom. The fourth-order valence-corrected chi connectivity index (χ4v) is 2.31. The van der Waals surface area contributed by atoms with Crippen molar-refractivity contribution in [1.29, 1.82) is 0 Å². The molecule has 3 nitrogen and oxygen atoms in total. The highest BCUT2D eigenvalue weighted by atomic mass is 19.1. The molecule has 1 aromatic carbocycles. The molecule has 0 spiro atoms. The summed E-state index contributed by atoms with van der Waals surface area (Å²) in [6.07, 6.45) is 2.37. The minimum Gasteiger partial charge on any atom is -0.397 e. The van der Waals surface area contributed by atoms with Crippen LogP contribution in [0.1, 0.15) is 19.8 Å². The molecule has 0 atom stereocenters. The smallest absolute Gasteiger partial charge is 0.125 e. The summed E-state index contributed by atoms with van der Waals surface area (Å²) in [6, 6.07) is 4.59. The van der Waals surface area contributed by atoms with Gasteiger partial charge in [0.2, 0.25) is 0 Å². The zero-order valence-corrected chi connectivity index (χ0v) is 10.2. The number of hydrogen-bond donors (Lipinski definition) is 1. The van der Waals surface area contributed by atoms with E-state index in [1.807, 2.05) is 6.92 Å². The van der Waals surface area contributed by atoms with Crippen molar-refractivity contribution in [3.8, 4) is 0 Å². The van der Waals surface area contributed by atoms with Crippen LogP contribution in [0.3, 0.4) is 0 Å². The number of benzene rings is 1. The van der Waals surface area contributed by atoms with Gasteiger partial charge in [-0.2, -0.15) is 0 Å². The maximum atomic E-state index is 13.0. The van der Waals surface area contributed by atoms with Gasteiger partial charge in [-0.05, 0) is 38.0 Å². The van der Waals surface area contributed by atoms with Crippen LogP contribution in [0.25, 0.3) is 0 Å². The first-order valence-corrected chi connectivity index (χ1v) is 6.12. The van der Waals surface area contributed by atoms with Crippen LogP contribution >= 0.6 is 0 Å². The van der Waals surface area contributed by atoms with E-state index in [4.69, 9.17) is 10.5 Å². The van der Waals surface area contributed by atoms with Crippen molar-refractivity contribution >= 4 is 11.4 Å². The molecule has 2 N–H and O–H groups in total. The first-order valence-electron chi connectivity index (χ1n) is 6.12. The Balaban J connectivity index is 2.00. The zero-order chi connectivity index (χ0) is 12.3. The van der Waals surface area contributed by atoms with Gasteiger partial charge < -0.3 is 15.4 Å². The number of halogens is 1. The Morgan fingerprint density at radius 3 is 2.71 bits per heavy atom. The maximum Gasteiger partial charge on any atom is 0.125 e. The predicted octanol–water partition coefficient (Wildman–Crippen LogP) is 2.41. The van der Waals surface area contributed by atoms with E-state index in [0.717, 1.165) is 38.2 Å². The van der Waals surface area contributed by atoms with E-state index < -0.39 is 0 Å². The third-order valence-electron chi connectivity index (χ3n) is 3.17. The van der Waals surface area contributed by atoms with E-state index >= 15 is 0 Å². The highest BCUT2D eigenvalue weighted by Gasteiger charge is 2.20. The molecule has 17 heavy (non-hydrogen) atoms. The average Bonchev–Trinajstić information content (AvgIpc) is 2.31. The molecule has 0 aliphatic carbocycles. The first kappa shape index (κ1) is 12.2. The molecule has 0 amide bonds. The van der Waals surface area contributed by atoms with Crippen LogP contribution < -0.4 is 10.6 Å². The molecule has 0 saturated carbocycles. The maximum absolute atomic E-state index is 13.0. The summed E-state index contributed by atoms with van der Waals surface area (Å²) in [5.41, 5.74) is 7.28. The number of nitrogen functional groups attached to an aromatic ring is 1. The van der Waals surface area contributed by atoms with Crippen LogP contribution in [0.15, 0.2) is 18.2 Å². The quantitative estimate of drug-likeness (QED) is 0.822. The van der Waals surface area contributed by atoms with Crippen LogP contribution in [0.2, 0.25) is 0 Å². The van der Waals surface area contributed by atoms with Gasteiger partial charge in [-0.15, -0.1) is 0 Å². The Morgan fingerprint density at radius 1 is 1.41 bits per heavy atom. The summed E-state index contributed by atoms with van der Waals surface area (Å²) in [4.78, 5) is 2.20. The summed E-state index contributed by atoms with van der Waals surface area (Å²) in [7, 11) is 0. The van der Waals surface area contributed by atoms with Crippen molar-refractivity contribution in [2.24, 2.45) is 0 Å². The molecule has 1 saturated heterocycles. The zero-order valence-electron chi connectivity index (χ0n) is 10.2. The molecule has 1 fully saturated rings. The summed E-state index contributed by atoms with van der Waals surface area (Å²) >= 11 is 0. The van der Waals surface area contributed by atoms with Crippen LogP contribution in [-0.2, 0) is 4.74 Å². The number of nitrogens with two attached hydrogens (primary N) is 1. The molecule has 0 aromatic heterocycles. The lowest BCUT2D eigenvalue weighted by molar-refractivity contribution is 0.0459. The Bertz CT molecular complexity index is 376. The lowest BCUT2D eigenvalue weighted by atomic mass is 10.1. The first-order chi connectivity index (χ1) is 8.20. The normalized spacial score (nSPS) is 17.4. The topological polar surface area (TPSA) is 38.5 Å². The van der Waals surface area contributed by atoms with Gasteiger partial charge in [0.05, 0.1) is 17.5 Å². The van der Waals surface area contributed by atoms with E-state index in [0.29, 0.717) is 11.8 Å². The number of piperidine rings is 1. The Hall–Kier alpha value is -1.29. The van der Waals surface area contributed by atoms with Crippen molar-refractivity contribution < 1.29 is 9.13 Å². The summed E-state index contributed by atoms with van der Waals surface area (Å²) < 4.78 is 18.6. The van der Waals surface area contributed by atoms with Gasteiger partial charge in [0, 0.05) is 19.7 Å². The Labute approximate surface area is 101 Å². The van der Waals surface area contributed by atoms with Gasteiger partial charge in [-0.3, -0.25) is 0 Å². The third kappa shape index (κ3) is 2.88. The third-order valence-corrected chi connectivity index (χ3v) is 3.17. The second-order valence-corrected chi connectivity index (χ2v) is 4.34. The second-order valence-electron chi connectivity index (χ2n) is 4.34. The number of anilines is 2. The Kier molecular flexibility index (Phi) is 3.84. The molecule has 4 heteroatoms. The molecule has 1 aromatic rings. The lowest BCUT2D eigenvalue weighted by Gasteiger charge is -2.34. The monoisotopic (exact) mass is 238 g/mol. The second kappa shape index (κ2) is 5.36. The lowest BCUT2D eigenvalue weighted by Crippen LogP contribution is -2.37. The molecule has 0 unspecified atom stereocenters. The highest BCUT2D eigenvalue weighted by Crippen LogP contribution is 2.27. The fourth-order valence-electron chi connectivity index (χ4n) is 2.31. The van der Waals surface area contributed by atoms with E-state index in [1.54, 1.807) is 6.07 Å². The largest absolute Gasteiger partial charge is 0.397 e. The van der Waals surface area contributed by atoms with Crippen molar-refractivity contribution in [3.63, 3.8) is 0 Å². The molecule has 2 rings (SSSR count). The number of nitrogens with zero attached hydrogens (tertiary/aromatic N) is 1. The average molecular weight is 238 g/mol. The highest BCUT2D eigenvalue weighted by molar-refractivity contribution is 5.67. The molecular formula is C13H19FN2O. The van der Waals surface area contributed by atoms with Crippen molar-refractivity contribution in [2.75, 3.05) is 30.3 Å². The fraction of sp³-hybridized carbons (Fsp3) is 0.538. The molecule has 1 heterocycles. The van der Waals surface area contributed by atoms with Crippen molar-refractivity contribution in [1.82, 2.24) is 0 Å². The molecule has 1 aliphatic rings. The van der Waals surface area contributed by atoms with Crippen LogP contribution in [0.5, 0.6) is 0 Å². The summed E-state index contributed by atoms with van der Waals surface area (Å²) in [5, 5.41) is 0. The van der Waals surface area contributed by atoms with Gasteiger partial charge in [0.1, 0.15) is 5.82 Å². The molecule has 0 bridgehead atoms. The van der Waals surface area contributed by atoms with Gasteiger partial charge in [0.25, 0.3) is 0 Å². The SMILES string of the molecule is CCOC1CCN(c2ccc(F)cc2N)CC1. The van der Waals surface area contributed by atoms with Crippen molar-refractivity contribution in [2.45, 2.75) is 25.9 Å². The summed E-state index contributed by atoms with van der Waals surface area (Å²) in [6.45, 7) is 4.62. The minimum absolute atomic E-state index is 0.282. The van der Waals surface area contributed by atoms with Crippen LogP contribution in [0, 0.1) is 5.82 Å². The van der Waals surface area contributed by atoms with E-state index in [1.165, 1.54) is 12.1 Å². The molecule has 1 aliphatic heterocycles. The molecular weight excluding hydrogens is 219 g/mol. The van der Waals surface area contributed by atoms with Crippen molar-refractivity contribution in [3.05, 3.63) is 24.0 Å². The number of ether oxygens (including phenoxy) is 1. The predicted molar refractivity (Wildman–Crippen MR) is 67.7 cm³/mol. The van der Waals surface area contributed by atoms with Crippen LogP contribution in [0.4, 0.5) is 15.8 Å². The van der Waals surface area contributed by atoms with Gasteiger partial charge in [0.15, 0.2) is 0 Å². The van der Waals surface area contributed by atoms with E-state index in [9.17, 15) is 4.39 Å². The number of hydrogen-bond acceptors (Lipinski definition) is 3. The van der Waals surface area contributed by atoms with E-state index in [-0.39, 0.29) is 5.82 Å². The van der Waals surface area contributed by atoms with E-state index in [2.05, 4.69) is 4.90 Å². The standard InChI is InChI=1S/C13H19FN2O/c1-2-17-11-5-7-16(8-6-11)13-4-3-10(14)9-12(13)15/h3-4,9,11H,2,5-8,15H2,1H3. The number of rotatable bonds is 3. The van der Waals surface area contributed by atoms with Gasteiger partial charge in [-0.1, -0.05) is 0 Å².